The van der Waals surface area contributed by atoms with Gasteiger partial charge in [-0.25, -0.2) is 0 Å². The third kappa shape index (κ3) is 2.95. The quantitative estimate of drug-likeness (QED) is 0.813. The molecule has 0 saturated carbocycles. The highest BCUT2D eigenvalue weighted by Gasteiger charge is 1.95. The Bertz CT molecular complexity index is 442. The molecule has 0 aromatic carbocycles. The first-order chi connectivity index (χ1) is 7.84. The molecule has 16 heavy (non-hydrogen) atoms. The second kappa shape index (κ2) is 5.11. The zero-order valence-corrected chi connectivity index (χ0v) is 8.93. The number of nitrogens with zero attached hydrogens (tertiary/aromatic N) is 2. The number of nitrogen functional groups attached to an aromatic ring is 1. The van der Waals surface area contributed by atoms with Gasteiger partial charge in [-0.2, -0.15) is 0 Å². The normalized spacial score (nSPS) is 10.0. The minimum Gasteiger partial charge on any atom is -0.397 e. The van der Waals surface area contributed by atoms with Crippen LogP contribution >= 0.6 is 0 Å². The summed E-state index contributed by atoms with van der Waals surface area (Å²) >= 11 is 0. The Morgan fingerprint density at radius 2 is 2.19 bits per heavy atom. The summed E-state index contributed by atoms with van der Waals surface area (Å²) in [7, 11) is 0. The van der Waals surface area contributed by atoms with Crippen molar-refractivity contribution in [2.24, 2.45) is 0 Å². The topological polar surface area (TPSA) is 63.8 Å². The van der Waals surface area contributed by atoms with Gasteiger partial charge in [-0.15, -0.1) is 0 Å². The minimum absolute atomic E-state index is 0.669. The molecule has 3 N–H and O–H groups in total. The van der Waals surface area contributed by atoms with E-state index in [4.69, 9.17) is 5.73 Å². The van der Waals surface area contributed by atoms with Crippen molar-refractivity contribution in [3.63, 3.8) is 0 Å². The Hall–Kier alpha value is -2.10. The van der Waals surface area contributed by atoms with Gasteiger partial charge in [0.15, 0.2) is 0 Å². The third-order valence-corrected chi connectivity index (χ3v) is 2.20. The van der Waals surface area contributed by atoms with E-state index in [0.717, 1.165) is 24.3 Å². The number of hydrogen-bond donors (Lipinski definition) is 2. The van der Waals surface area contributed by atoms with Gasteiger partial charge in [0.2, 0.25) is 0 Å². The maximum absolute atomic E-state index is 5.63. The van der Waals surface area contributed by atoms with Gasteiger partial charge in [0.1, 0.15) is 0 Å². The number of pyridine rings is 2. The van der Waals surface area contributed by atoms with Crippen LogP contribution in [0.15, 0.2) is 42.9 Å². The van der Waals surface area contributed by atoms with Crippen LogP contribution in [0.1, 0.15) is 5.69 Å². The van der Waals surface area contributed by atoms with Crippen LogP contribution in [0.25, 0.3) is 0 Å². The minimum atomic E-state index is 0.669. The van der Waals surface area contributed by atoms with Gasteiger partial charge < -0.3 is 11.1 Å². The van der Waals surface area contributed by atoms with Crippen LogP contribution in [-0.4, -0.2) is 16.5 Å². The van der Waals surface area contributed by atoms with E-state index >= 15 is 0 Å². The van der Waals surface area contributed by atoms with E-state index in [9.17, 15) is 0 Å². The highest BCUT2D eigenvalue weighted by Crippen LogP contribution is 2.09. The van der Waals surface area contributed by atoms with E-state index in [2.05, 4.69) is 15.3 Å². The molecule has 0 radical (unpaired) electrons. The number of nitrogens with two attached hydrogens (primary N) is 1. The fraction of sp³-hybridized carbons (Fsp3) is 0.167. The maximum Gasteiger partial charge on any atom is 0.0547 e. The highest BCUT2D eigenvalue weighted by atomic mass is 14.9. The van der Waals surface area contributed by atoms with E-state index in [1.807, 2.05) is 24.3 Å². The number of rotatable bonds is 4. The Morgan fingerprint density at radius 1 is 1.25 bits per heavy atom. The van der Waals surface area contributed by atoms with Crippen molar-refractivity contribution in [2.45, 2.75) is 6.42 Å². The molecule has 4 nitrogen and oxygen atoms in total. The first-order valence-electron chi connectivity index (χ1n) is 5.19. The SMILES string of the molecule is Nc1cncc(NCCc2ccccn2)c1. The van der Waals surface area contributed by atoms with Crippen molar-refractivity contribution >= 4 is 11.4 Å². The molecule has 0 saturated heterocycles. The van der Waals surface area contributed by atoms with Crippen LogP contribution in [0.5, 0.6) is 0 Å². The van der Waals surface area contributed by atoms with E-state index in [1.54, 1.807) is 18.6 Å². The summed E-state index contributed by atoms with van der Waals surface area (Å²) in [6.45, 7) is 0.822. The molecule has 2 rings (SSSR count). The molecule has 0 amide bonds. The molecular weight excluding hydrogens is 200 g/mol. The molecule has 2 heterocycles. The molecule has 0 aliphatic carbocycles. The van der Waals surface area contributed by atoms with E-state index < -0.39 is 0 Å². The van der Waals surface area contributed by atoms with Crippen molar-refractivity contribution in [3.8, 4) is 0 Å². The molecule has 0 bridgehead atoms. The first-order valence-corrected chi connectivity index (χ1v) is 5.19. The van der Waals surface area contributed by atoms with Crippen LogP contribution in [0.2, 0.25) is 0 Å². The van der Waals surface area contributed by atoms with E-state index in [-0.39, 0.29) is 0 Å². The zero-order valence-electron chi connectivity index (χ0n) is 8.93. The predicted molar refractivity (Wildman–Crippen MR) is 65.1 cm³/mol. The van der Waals surface area contributed by atoms with Gasteiger partial charge in [0.05, 0.1) is 17.6 Å². The van der Waals surface area contributed by atoms with Crippen molar-refractivity contribution in [2.75, 3.05) is 17.6 Å². The summed E-state index contributed by atoms with van der Waals surface area (Å²) < 4.78 is 0. The Balaban J connectivity index is 1.85. The van der Waals surface area contributed by atoms with Crippen molar-refractivity contribution in [1.82, 2.24) is 9.97 Å². The van der Waals surface area contributed by atoms with Crippen molar-refractivity contribution in [1.29, 1.82) is 0 Å². The van der Waals surface area contributed by atoms with Crippen molar-refractivity contribution in [3.05, 3.63) is 48.5 Å². The Morgan fingerprint density at radius 3 is 2.94 bits per heavy atom. The summed E-state index contributed by atoms with van der Waals surface area (Å²) in [5.74, 6) is 0. The predicted octanol–water partition coefficient (Wildman–Crippen LogP) is 1.71. The lowest BCUT2D eigenvalue weighted by atomic mass is 10.2. The van der Waals surface area contributed by atoms with Crippen LogP contribution in [0.4, 0.5) is 11.4 Å². The maximum atomic E-state index is 5.63. The molecule has 0 atom stereocenters. The van der Waals surface area contributed by atoms with Crippen LogP contribution in [-0.2, 0) is 6.42 Å². The van der Waals surface area contributed by atoms with Crippen LogP contribution in [0, 0.1) is 0 Å². The summed E-state index contributed by atoms with van der Waals surface area (Å²) in [5.41, 5.74) is 8.31. The molecule has 0 unspecified atom stereocenters. The Labute approximate surface area is 94.5 Å². The molecule has 2 aromatic rings. The lowest BCUT2D eigenvalue weighted by molar-refractivity contribution is 0.960. The second-order valence-electron chi connectivity index (χ2n) is 3.50. The summed E-state index contributed by atoms with van der Waals surface area (Å²) in [4.78, 5) is 8.25. The summed E-state index contributed by atoms with van der Waals surface area (Å²) in [6.07, 6.45) is 6.08. The number of nitrogens with one attached hydrogen (secondary N) is 1. The van der Waals surface area contributed by atoms with Crippen molar-refractivity contribution < 1.29 is 0 Å². The van der Waals surface area contributed by atoms with Gasteiger partial charge >= 0.3 is 0 Å². The number of aromatic nitrogens is 2. The second-order valence-corrected chi connectivity index (χ2v) is 3.50. The fourth-order valence-corrected chi connectivity index (χ4v) is 1.44. The largest absolute Gasteiger partial charge is 0.397 e. The van der Waals surface area contributed by atoms with Crippen LogP contribution < -0.4 is 11.1 Å². The number of hydrogen-bond acceptors (Lipinski definition) is 4. The van der Waals surface area contributed by atoms with Gasteiger partial charge in [-0.3, -0.25) is 9.97 Å². The molecule has 0 aliphatic rings. The third-order valence-electron chi connectivity index (χ3n) is 2.20. The summed E-state index contributed by atoms with van der Waals surface area (Å²) in [5, 5.41) is 3.25. The zero-order chi connectivity index (χ0) is 11.2. The molecular formula is C12H14N4. The molecule has 2 aromatic heterocycles. The number of anilines is 2. The molecule has 0 fully saturated rings. The summed E-state index contributed by atoms with van der Waals surface area (Å²) in [6, 6.07) is 7.79. The average molecular weight is 214 g/mol. The van der Waals surface area contributed by atoms with E-state index in [1.165, 1.54) is 0 Å². The molecule has 82 valence electrons. The van der Waals surface area contributed by atoms with Gasteiger partial charge in [0, 0.05) is 31.1 Å². The van der Waals surface area contributed by atoms with E-state index in [0.29, 0.717) is 5.69 Å². The van der Waals surface area contributed by atoms with Gasteiger partial charge in [-0.1, -0.05) is 6.07 Å². The fourth-order valence-electron chi connectivity index (χ4n) is 1.44. The lowest BCUT2D eigenvalue weighted by Crippen LogP contribution is -2.06. The van der Waals surface area contributed by atoms with Gasteiger partial charge in [-0.05, 0) is 18.2 Å². The first kappa shape index (κ1) is 10.4. The Kier molecular flexibility index (Phi) is 3.33. The molecule has 0 aliphatic heterocycles. The van der Waals surface area contributed by atoms with Crippen LogP contribution in [0.3, 0.4) is 0 Å². The average Bonchev–Trinajstić information content (AvgIpc) is 2.30. The smallest absolute Gasteiger partial charge is 0.0547 e. The molecule has 0 spiro atoms. The molecule has 4 heteroatoms. The monoisotopic (exact) mass is 214 g/mol. The highest BCUT2D eigenvalue weighted by molar-refractivity contribution is 5.51. The lowest BCUT2D eigenvalue weighted by Gasteiger charge is -2.05. The van der Waals surface area contributed by atoms with Gasteiger partial charge in [0.25, 0.3) is 0 Å². The standard InChI is InChI=1S/C12H14N4/c13-10-7-12(9-14-8-10)16-6-4-11-3-1-2-5-15-11/h1-3,5,7-9,16H,4,6,13H2.